The number of thiazole rings is 1. The number of hydrogen-bond donors (Lipinski definition) is 1. The second kappa shape index (κ2) is 4.60. The third kappa shape index (κ3) is 1.91. The fraction of sp³-hybridized carbons (Fsp3) is 0.118. The Morgan fingerprint density at radius 3 is 2.86 bits per heavy atom. The Labute approximate surface area is 127 Å². The highest BCUT2D eigenvalue weighted by atomic mass is 32.1. The van der Waals surface area contributed by atoms with E-state index < -0.39 is 0 Å². The first kappa shape index (κ1) is 12.4. The minimum atomic E-state index is 0.652. The van der Waals surface area contributed by atoms with E-state index >= 15 is 0 Å². The molecule has 0 spiro atoms. The highest BCUT2D eigenvalue weighted by Gasteiger charge is 2.23. The van der Waals surface area contributed by atoms with Crippen molar-refractivity contribution in [3.05, 3.63) is 52.9 Å². The maximum atomic E-state index is 5.80. The quantitative estimate of drug-likeness (QED) is 0.608. The molecule has 21 heavy (non-hydrogen) atoms. The van der Waals surface area contributed by atoms with E-state index in [1.165, 1.54) is 21.6 Å². The lowest BCUT2D eigenvalue weighted by atomic mass is 9.99. The van der Waals surface area contributed by atoms with Gasteiger partial charge in [-0.1, -0.05) is 30.3 Å². The van der Waals surface area contributed by atoms with E-state index in [1.54, 1.807) is 18.4 Å². The molecule has 4 rings (SSSR count). The summed E-state index contributed by atoms with van der Waals surface area (Å²) in [5, 5.41) is 0.652. The smallest absolute Gasteiger partial charge is 0.180 e. The van der Waals surface area contributed by atoms with Crippen LogP contribution in [0.3, 0.4) is 0 Å². The Hall–Kier alpha value is -2.33. The zero-order valence-corrected chi connectivity index (χ0v) is 12.4. The molecule has 1 aliphatic carbocycles. The molecule has 2 N–H and O–H groups in total. The van der Waals surface area contributed by atoms with E-state index in [9.17, 15) is 0 Å². The van der Waals surface area contributed by atoms with Crippen molar-refractivity contribution in [2.24, 2.45) is 0 Å². The van der Waals surface area contributed by atoms with Crippen LogP contribution in [0.4, 0.5) is 5.13 Å². The van der Waals surface area contributed by atoms with E-state index in [0.717, 1.165) is 23.4 Å². The number of fused-ring (bicyclic) bond motifs is 3. The molecular weight excluding hydrogens is 280 g/mol. The lowest BCUT2D eigenvalue weighted by Gasteiger charge is -2.10. The van der Waals surface area contributed by atoms with Crippen molar-refractivity contribution in [3.63, 3.8) is 0 Å². The van der Waals surface area contributed by atoms with Crippen LogP contribution in [0.25, 0.3) is 22.4 Å². The molecule has 1 aliphatic rings. The van der Waals surface area contributed by atoms with Crippen molar-refractivity contribution >= 4 is 16.5 Å². The molecule has 0 amide bonds. The topological polar surface area (TPSA) is 48.1 Å². The third-order valence-corrected chi connectivity index (χ3v) is 4.73. The Morgan fingerprint density at radius 1 is 1.14 bits per heavy atom. The summed E-state index contributed by atoms with van der Waals surface area (Å²) in [6.45, 7) is 0. The number of anilines is 1. The molecule has 0 unspecified atom stereocenters. The molecule has 0 bridgehead atoms. The molecule has 0 fully saturated rings. The molecule has 104 valence electrons. The number of nitrogens with zero attached hydrogens (tertiary/aromatic N) is 1. The van der Waals surface area contributed by atoms with E-state index in [2.05, 4.69) is 29.2 Å². The standard InChI is InChI=1S/C17H14N2OS/c1-20-14-5-3-2-4-12(14)10-6-7-13-11(8-10)9-15-16(13)19-17(18)21-15/h2-8H,9H2,1H3,(H2,18,19). The van der Waals surface area contributed by atoms with Crippen molar-refractivity contribution in [1.82, 2.24) is 4.98 Å². The SMILES string of the molecule is COc1ccccc1-c1ccc2c(c1)Cc1sc(N)nc1-2. The predicted octanol–water partition coefficient (Wildman–Crippen LogP) is 3.97. The van der Waals surface area contributed by atoms with Crippen LogP contribution in [0.15, 0.2) is 42.5 Å². The summed E-state index contributed by atoms with van der Waals surface area (Å²) >= 11 is 1.58. The molecule has 3 aromatic rings. The van der Waals surface area contributed by atoms with E-state index in [1.807, 2.05) is 18.2 Å². The van der Waals surface area contributed by atoms with Crippen molar-refractivity contribution in [2.45, 2.75) is 6.42 Å². The van der Waals surface area contributed by atoms with Crippen LogP contribution in [-0.2, 0) is 6.42 Å². The Balaban J connectivity index is 1.82. The lowest BCUT2D eigenvalue weighted by molar-refractivity contribution is 0.416. The summed E-state index contributed by atoms with van der Waals surface area (Å²) in [4.78, 5) is 5.70. The molecule has 0 atom stereocenters. The van der Waals surface area contributed by atoms with Gasteiger partial charge >= 0.3 is 0 Å². The second-order valence-electron chi connectivity index (χ2n) is 5.07. The number of benzene rings is 2. The highest BCUT2D eigenvalue weighted by Crippen LogP contribution is 2.42. The zero-order valence-electron chi connectivity index (χ0n) is 11.6. The monoisotopic (exact) mass is 294 g/mol. The number of nitrogen functional groups attached to an aromatic ring is 1. The minimum Gasteiger partial charge on any atom is -0.496 e. The van der Waals surface area contributed by atoms with Gasteiger partial charge in [0.2, 0.25) is 0 Å². The molecule has 0 saturated heterocycles. The van der Waals surface area contributed by atoms with E-state index in [4.69, 9.17) is 10.5 Å². The van der Waals surface area contributed by atoms with Crippen molar-refractivity contribution in [2.75, 3.05) is 12.8 Å². The maximum Gasteiger partial charge on any atom is 0.180 e. The number of rotatable bonds is 2. The summed E-state index contributed by atoms with van der Waals surface area (Å²) in [7, 11) is 1.70. The minimum absolute atomic E-state index is 0.652. The average molecular weight is 294 g/mol. The van der Waals surface area contributed by atoms with Gasteiger partial charge in [0.1, 0.15) is 5.75 Å². The molecular formula is C17H14N2OS. The predicted molar refractivity (Wildman–Crippen MR) is 86.8 cm³/mol. The normalized spacial score (nSPS) is 12.0. The number of hydrogen-bond acceptors (Lipinski definition) is 4. The van der Waals surface area contributed by atoms with Crippen LogP contribution in [-0.4, -0.2) is 12.1 Å². The number of nitrogens with two attached hydrogens (primary N) is 1. The second-order valence-corrected chi connectivity index (χ2v) is 6.19. The van der Waals surface area contributed by atoms with Crippen LogP contribution in [0, 0.1) is 0 Å². The van der Waals surface area contributed by atoms with E-state index in [0.29, 0.717) is 5.13 Å². The Kier molecular flexibility index (Phi) is 2.72. The highest BCUT2D eigenvalue weighted by molar-refractivity contribution is 7.15. The van der Waals surface area contributed by atoms with Gasteiger partial charge in [0.05, 0.1) is 12.8 Å². The number of aromatic nitrogens is 1. The Bertz CT molecular complexity index is 839. The molecule has 0 saturated carbocycles. The van der Waals surface area contributed by atoms with Gasteiger partial charge in [-0.25, -0.2) is 4.98 Å². The fourth-order valence-corrected chi connectivity index (χ4v) is 3.76. The van der Waals surface area contributed by atoms with Gasteiger partial charge in [0.15, 0.2) is 5.13 Å². The van der Waals surface area contributed by atoms with Crippen molar-refractivity contribution < 1.29 is 4.74 Å². The van der Waals surface area contributed by atoms with Crippen LogP contribution in [0.2, 0.25) is 0 Å². The first-order valence-electron chi connectivity index (χ1n) is 6.78. The number of para-hydroxylation sites is 1. The number of ether oxygens (including phenoxy) is 1. The maximum absolute atomic E-state index is 5.80. The molecule has 4 heteroatoms. The van der Waals surface area contributed by atoms with Crippen molar-refractivity contribution in [3.8, 4) is 28.1 Å². The summed E-state index contributed by atoms with van der Waals surface area (Å²) in [5.74, 6) is 0.896. The number of methoxy groups -OCH3 is 1. The summed E-state index contributed by atoms with van der Waals surface area (Å²) in [5.41, 5.74) is 11.7. The molecule has 3 nitrogen and oxygen atoms in total. The van der Waals surface area contributed by atoms with Crippen LogP contribution in [0.1, 0.15) is 10.4 Å². The first-order chi connectivity index (χ1) is 10.3. The van der Waals surface area contributed by atoms with Crippen LogP contribution >= 0.6 is 11.3 Å². The van der Waals surface area contributed by atoms with E-state index in [-0.39, 0.29) is 0 Å². The zero-order chi connectivity index (χ0) is 14.4. The fourth-order valence-electron chi connectivity index (χ4n) is 2.89. The summed E-state index contributed by atoms with van der Waals surface area (Å²) in [6, 6.07) is 14.6. The summed E-state index contributed by atoms with van der Waals surface area (Å²) < 4.78 is 5.45. The van der Waals surface area contributed by atoms with Gasteiger partial charge in [-0.05, 0) is 23.3 Å². The van der Waals surface area contributed by atoms with Crippen LogP contribution < -0.4 is 10.5 Å². The van der Waals surface area contributed by atoms with Crippen molar-refractivity contribution in [1.29, 1.82) is 0 Å². The Morgan fingerprint density at radius 2 is 2.00 bits per heavy atom. The molecule has 0 aliphatic heterocycles. The molecule has 0 radical (unpaired) electrons. The molecule has 1 heterocycles. The van der Waals surface area contributed by atoms with Gasteiger partial charge in [0.25, 0.3) is 0 Å². The average Bonchev–Trinajstić information content (AvgIpc) is 3.02. The van der Waals surface area contributed by atoms with Gasteiger partial charge in [-0.2, -0.15) is 0 Å². The van der Waals surface area contributed by atoms with Gasteiger partial charge in [0, 0.05) is 22.4 Å². The molecule has 1 aromatic heterocycles. The van der Waals surface area contributed by atoms with Gasteiger partial charge in [-0.15, -0.1) is 11.3 Å². The molecule has 2 aromatic carbocycles. The lowest BCUT2D eigenvalue weighted by Crippen LogP contribution is -1.89. The van der Waals surface area contributed by atoms with Crippen LogP contribution in [0.5, 0.6) is 5.75 Å². The summed E-state index contributed by atoms with van der Waals surface area (Å²) in [6.07, 6.45) is 0.919. The van der Waals surface area contributed by atoms with Gasteiger partial charge in [-0.3, -0.25) is 0 Å². The first-order valence-corrected chi connectivity index (χ1v) is 7.60. The largest absolute Gasteiger partial charge is 0.496 e. The third-order valence-electron chi connectivity index (χ3n) is 3.84. The van der Waals surface area contributed by atoms with Gasteiger partial charge < -0.3 is 10.5 Å².